The number of amides is 1. The Kier molecular flexibility index (Phi) is 4.88. The molecule has 3 nitrogen and oxygen atoms in total. The van der Waals surface area contributed by atoms with Crippen LogP contribution in [0, 0.1) is 0 Å². The average Bonchev–Trinajstić information content (AvgIpc) is 2.42. The van der Waals surface area contributed by atoms with Crippen molar-refractivity contribution < 1.29 is 4.79 Å². The molecule has 1 unspecified atom stereocenters. The van der Waals surface area contributed by atoms with Crippen molar-refractivity contribution in [1.29, 1.82) is 0 Å². The second-order valence-electron chi connectivity index (χ2n) is 5.10. The van der Waals surface area contributed by atoms with Crippen LogP contribution in [-0.4, -0.2) is 23.7 Å². The smallest absolute Gasteiger partial charge is 0.244 e. The zero-order valence-electron chi connectivity index (χ0n) is 11.7. The first kappa shape index (κ1) is 14.4. The molecule has 2 N–H and O–H groups in total. The number of thioether (sulfide) groups is 1. The first-order valence-electron chi connectivity index (χ1n) is 6.94. The van der Waals surface area contributed by atoms with Crippen LogP contribution in [0.15, 0.2) is 29.2 Å². The Morgan fingerprint density at radius 3 is 2.89 bits per heavy atom. The highest BCUT2D eigenvalue weighted by Crippen LogP contribution is 2.28. The maximum atomic E-state index is 12.5. The lowest BCUT2D eigenvalue weighted by atomic mass is 9.90. The molecule has 0 saturated carbocycles. The van der Waals surface area contributed by atoms with Gasteiger partial charge in [0.25, 0.3) is 0 Å². The molecule has 19 heavy (non-hydrogen) atoms. The first-order valence-corrected chi connectivity index (χ1v) is 7.92. The van der Waals surface area contributed by atoms with Gasteiger partial charge in [-0.2, -0.15) is 0 Å². The Bertz CT molecular complexity index is 442. The molecule has 1 fully saturated rings. The average molecular weight is 278 g/mol. The van der Waals surface area contributed by atoms with Gasteiger partial charge in [0.1, 0.15) is 0 Å². The predicted octanol–water partition coefficient (Wildman–Crippen LogP) is 3.27. The van der Waals surface area contributed by atoms with Gasteiger partial charge in [-0.15, -0.1) is 11.8 Å². The zero-order chi connectivity index (χ0) is 13.7. The number of nitrogens with one attached hydrogen (secondary N) is 2. The SMILES string of the molecule is CCSc1ccccc1NC(=O)C1(C)CCCCN1. The molecule has 0 aliphatic carbocycles. The fraction of sp³-hybridized carbons (Fsp3) is 0.533. The van der Waals surface area contributed by atoms with E-state index in [9.17, 15) is 4.79 Å². The molecule has 1 aromatic rings. The van der Waals surface area contributed by atoms with E-state index in [0.29, 0.717) is 0 Å². The molecule has 4 heteroatoms. The molecular formula is C15H22N2OS. The topological polar surface area (TPSA) is 41.1 Å². The van der Waals surface area contributed by atoms with Crippen molar-refractivity contribution >= 4 is 23.4 Å². The normalized spacial score (nSPS) is 23.1. The van der Waals surface area contributed by atoms with E-state index in [1.807, 2.05) is 25.1 Å². The van der Waals surface area contributed by atoms with Gasteiger partial charge in [-0.1, -0.05) is 19.1 Å². The van der Waals surface area contributed by atoms with Crippen LogP contribution >= 0.6 is 11.8 Å². The van der Waals surface area contributed by atoms with E-state index in [0.717, 1.165) is 42.1 Å². The molecule has 1 aliphatic heterocycles. The number of hydrogen-bond donors (Lipinski definition) is 2. The quantitative estimate of drug-likeness (QED) is 0.831. The minimum Gasteiger partial charge on any atom is -0.323 e. The summed E-state index contributed by atoms with van der Waals surface area (Å²) in [5, 5.41) is 6.43. The van der Waals surface area contributed by atoms with E-state index in [2.05, 4.69) is 23.6 Å². The lowest BCUT2D eigenvalue weighted by Crippen LogP contribution is -2.54. The molecule has 104 valence electrons. The lowest BCUT2D eigenvalue weighted by molar-refractivity contribution is -0.122. The molecule has 1 atom stereocenters. The standard InChI is InChI=1S/C15H22N2OS/c1-3-19-13-9-5-4-8-12(13)17-14(18)15(2)10-6-7-11-16-15/h4-5,8-9,16H,3,6-7,10-11H2,1-2H3,(H,17,18). The third kappa shape index (κ3) is 3.51. The number of carbonyl (C=O) groups excluding carboxylic acids is 1. The van der Waals surface area contributed by atoms with Crippen molar-refractivity contribution in [2.45, 2.75) is 43.5 Å². The van der Waals surface area contributed by atoms with Gasteiger partial charge in [0.2, 0.25) is 5.91 Å². The van der Waals surface area contributed by atoms with Crippen LogP contribution in [0.1, 0.15) is 33.1 Å². The van der Waals surface area contributed by atoms with Gasteiger partial charge in [0, 0.05) is 4.90 Å². The van der Waals surface area contributed by atoms with Crippen LogP contribution < -0.4 is 10.6 Å². The minimum absolute atomic E-state index is 0.0800. The summed E-state index contributed by atoms with van der Waals surface area (Å²) in [6, 6.07) is 8.00. The number of para-hydroxylation sites is 1. The monoisotopic (exact) mass is 278 g/mol. The summed E-state index contributed by atoms with van der Waals surface area (Å²) < 4.78 is 0. The van der Waals surface area contributed by atoms with Crippen molar-refractivity contribution in [2.75, 3.05) is 17.6 Å². The molecule has 1 aliphatic rings. The molecule has 1 aromatic carbocycles. The Balaban J connectivity index is 2.10. The van der Waals surface area contributed by atoms with Gasteiger partial charge in [0.15, 0.2) is 0 Å². The Labute approximate surface area is 119 Å². The summed E-state index contributed by atoms with van der Waals surface area (Å²) >= 11 is 1.75. The molecule has 0 spiro atoms. The van der Waals surface area contributed by atoms with Crippen molar-refractivity contribution in [1.82, 2.24) is 5.32 Å². The molecule has 2 rings (SSSR count). The molecule has 1 heterocycles. The van der Waals surface area contributed by atoms with Crippen molar-refractivity contribution in [2.24, 2.45) is 0 Å². The van der Waals surface area contributed by atoms with Gasteiger partial charge in [-0.25, -0.2) is 0 Å². The highest BCUT2D eigenvalue weighted by Gasteiger charge is 2.34. The summed E-state index contributed by atoms with van der Waals surface area (Å²) in [5.74, 6) is 1.08. The van der Waals surface area contributed by atoms with Crippen LogP contribution in [0.3, 0.4) is 0 Å². The summed E-state index contributed by atoms with van der Waals surface area (Å²) in [6.07, 6.45) is 3.18. The van der Waals surface area contributed by atoms with Gasteiger partial charge in [-0.05, 0) is 50.6 Å². The number of hydrogen-bond acceptors (Lipinski definition) is 3. The van der Waals surface area contributed by atoms with E-state index >= 15 is 0 Å². The Morgan fingerprint density at radius 2 is 2.21 bits per heavy atom. The first-order chi connectivity index (χ1) is 9.15. The molecule has 0 bridgehead atoms. The predicted molar refractivity (Wildman–Crippen MR) is 81.7 cm³/mol. The van der Waals surface area contributed by atoms with Crippen LogP contribution in [0.4, 0.5) is 5.69 Å². The van der Waals surface area contributed by atoms with Crippen LogP contribution in [-0.2, 0) is 4.79 Å². The maximum absolute atomic E-state index is 12.5. The van der Waals surface area contributed by atoms with Crippen LogP contribution in [0.25, 0.3) is 0 Å². The van der Waals surface area contributed by atoms with Crippen LogP contribution in [0.5, 0.6) is 0 Å². The number of benzene rings is 1. The fourth-order valence-electron chi connectivity index (χ4n) is 2.36. The lowest BCUT2D eigenvalue weighted by Gasteiger charge is -2.33. The fourth-order valence-corrected chi connectivity index (χ4v) is 3.12. The summed E-state index contributed by atoms with van der Waals surface area (Å²) in [6.45, 7) is 5.04. The van der Waals surface area contributed by atoms with Gasteiger partial charge in [0.05, 0.1) is 11.2 Å². The highest BCUT2D eigenvalue weighted by molar-refractivity contribution is 7.99. The van der Waals surface area contributed by atoms with Gasteiger partial charge in [-0.3, -0.25) is 4.79 Å². The minimum atomic E-state index is -0.428. The number of carbonyl (C=O) groups is 1. The molecule has 0 radical (unpaired) electrons. The zero-order valence-corrected chi connectivity index (χ0v) is 12.5. The van der Waals surface area contributed by atoms with E-state index in [4.69, 9.17) is 0 Å². The Morgan fingerprint density at radius 1 is 1.42 bits per heavy atom. The highest BCUT2D eigenvalue weighted by atomic mass is 32.2. The third-order valence-corrected chi connectivity index (χ3v) is 4.51. The van der Waals surface area contributed by atoms with Gasteiger partial charge >= 0.3 is 0 Å². The molecule has 0 aromatic heterocycles. The third-order valence-electron chi connectivity index (χ3n) is 3.55. The molecular weight excluding hydrogens is 256 g/mol. The van der Waals surface area contributed by atoms with E-state index < -0.39 is 5.54 Å². The molecule has 1 saturated heterocycles. The van der Waals surface area contributed by atoms with E-state index in [-0.39, 0.29) is 5.91 Å². The van der Waals surface area contributed by atoms with Crippen molar-refractivity contribution in [3.63, 3.8) is 0 Å². The largest absolute Gasteiger partial charge is 0.323 e. The number of piperidine rings is 1. The Hall–Kier alpha value is -1.00. The summed E-state index contributed by atoms with van der Waals surface area (Å²) in [7, 11) is 0. The number of anilines is 1. The second kappa shape index (κ2) is 6.44. The van der Waals surface area contributed by atoms with E-state index in [1.165, 1.54) is 0 Å². The second-order valence-corrected chi connectivity index (χ2v) is 6.41. The van der Waals surface area contributed by atoms with E-state index in [1.54, 1.807) is 11.8 Å². The maximum Gasteiger partial charge on any atom is 0.244 e. The van der Waals surface area contributed by atoms with Crippen molar-refractivity contribution in [3.8, 4) is 0 Å². The van der Waals surface area contributed by atoms with Crippen molar-refractivity contribution in [3.05, 3.63) is 24.3 Å². The van der Waals surface area contributed by atoms with Gasteiger partial charge < -0.3 is 10.6 Å². The summed E-state index contributed by atoms with van der Waals surface area (Å²) in [4.78, 5) is 13.6. The summed E-state index contributed by atoms with van der Waals surface area (Å²) in [5.41, 5.74) is 0.496. The number of rotatable bonds is 4. The van der Waals surface area contributed by atoms with Crippen LogP contribution in [0.2, 0.25) is 0 Å². The molecule has 1 amide bonds.